The summed E-state index contributed by atoms with van der Waals surface area (Å²) in [6, 6.07) is 17.8. The quantitative estimate of drug-likeness (QED) is 0.531. The monoisotopic (exact) mass is 381 g/mol. The van der Waals surface area contributed by atoms with Gasteiger partial charge in [0.2, 0.25) is 5.91 Å². The van der Waals surface area contributed by atoms with Gasteiger partial charge in [-0.3, -0.25) is 4.79 Å². The minimum atomic E-state index is -0.325. The SMILES string of the molecule is COc1ccccc1CN(Cc1cccs1)C(=O)/C=C/c1cccc(F)c1. The number of carbonyl (C=O) groups excluding carboxylic acids is 1. The molecule has 1 amide bonds. The van der Waals surface area contributed by atoms with Crippen molar-refractivity contribution in [2.75, 3.05) is 7.11 Å². The van der Waals surface area contributed by atoms with Crippen LogP contribution < -0.4 is 4.74 Å². The zero-order valence-corrected chi connectivity index (χ0v) is 15.8. The van der Waals surface area contributed by atoms with Crippen molar-refractivity contribution in [3.63, 3.8) is 0 Å². The van der Waals surface area contributed by atoms with Gasteiger partial charge in [0.25, 0.3) is 0 Å². The second-order valence-corrected chi connectivity index (χ2v) is 7.01. The summed E-state index contributed by atoms with van der Waals surface area (Å²) in [5, 5.41) is 1.99. The van der Waals surface area contributed by atoms with E-state index in [-0.39, 0.29) is 11.7 Å². The number of ether oxygens (including phenoxy) is 1. The molecule has 0 bridgehead atoms. The van der Waals surface area contributed by atoms with Gasteiger partial charge in [0.15, 0.2) is 0 Å². The van der Waals surface area contributed by atoms with E-state index in [9.17, 15) is 9.18 Å². The molecule has 0 N–H and O–H groups in total. The molecule has 0 fully saturated rings. The number of hydrogen-bond donors (Lipinski definition) is 0. The van der Waals surface area contributed by atoms with Crippen molar-refractivity contribution in [2.45, 2.75) is 13.1 Å². The second kappa shape index (κ2) is 9.14. The van der Waals surface area contributed by atoms with Crippen molar-refractivity contribution in [1.29, 1.82) is 0 Å². The maximum Gasteiger partial charge on any atom is 0.247 e. The number of thiophene rings is 1. The van der Waals surface area contributed by atoms with Crippen LogP contribution >= 0.6 is 11.3 Å². The number of halogens is 1. The zero-order valence-electron chi connectivity index (χ0n) is 15.0. The van der Waals surface area contributed by atoms with Gasteiger partial charge in [0.1, 0.15) is 11.6 Å². The molecule has 27 heavy (non-hydrogen) atoms. The van der Waals surface area contributed by atoms with Crippen LogP contribution in [-0.2, 0) is 17.9 Å². The van der Waals surface area contributed by atoms with Gasteiger partial charge in [-0.1, -0.05) is 36.4 Å². The fourth-order valence-corrected chi connectivity index (χ4v) is 3.44. The summed E-state index contributed by atoms with van der Waals surface area (Å²) in [6.45, 7) is 0.927. The molecule has 0 saturated heterocycles. The highest BCUT2D eigenvalue weighted by atomic mass is 32.1. The summed E-state index contributed by atoms with van der Waals surface area (Å²) in [5.74, 6) is 0.281. The van der Waals surface area contributed by atoms with Crippen LogP contribution in [0.4, 0.5) is 4.39 Å². The summed E-state index contributed by atoms with van der Waals surface area (Å²) < 4.78 is 18.7. The largest absolute Gasteiger partial charge is 0.496 e. The minimum Gasteiger partial charge on any atom is -0.496 e. The maximum absolute atomic E-state index is 13.3. The summed E-state index contributed by atoms with van der Waals surface area (Å²) in [6.07, 6.45) is 3.12. The Morgan fingerprint density at radius 2 is 1.96 bits per heavy atom. The van der Waals surface area contributed by atoms with Crippen molar-refractivity contribution in [1.82, 2.24) is 4.90 Å². The fourth-order valence-electron chi connectivity index (χ4n) is 2.72. The van der Waals surface area contributed by atoms with Gasteiger partial charge in [-0.2, -0.15) is 0 Å². The third kappa shape index (κ3) is 5.28. The number of nitrogens with zero attached hydrogens (tertiary/aromatic N) is 1. The van der Waals surface area contributed by atoms with Crippen LogP contribution in [0.5, 0.6) is 5.75 Å². The van der Waals surface area contributed by atoms with Crippen LogP contribution in [0.2, 0.25) is 0 Å². The molecule has 0 unspecified atom stereocenters. The Labute approximate surface area is 162 Å². The average Bonchev–Trinajstić information content (AvgIpc) is 3.19. The third-order valence-electron chi connectivity index (χ3n) is 4.06. The Morgan fingerprint density at radius 1 is 1.11 bits per heavy atom. The normalized spacial score (nSPS) is 10.9. The average molecular weight is 381 g/mol. The van der Waals surface area contributed by atoms with Crippen LogP contribution in [-0.4, -0.2) is 17.9 Å². The topological polar surface area (TPSA) is 29.5 Å². The van der Waals surface area contributed by atoms with Crippen molar-refractivity contribution in [3.05, 3.63) is 93.9 Å². The number of amides is 1. The maximum atomic E-state index is 13.3. The summed E-state index contributed by atoms with van der Waals surface area (Å²) in [4.78, 5) is 15.7. The van der Waals surface area contributed by atoms with E-state index in [0.717, 1.165) is 16.2 Å². The Morgan fingerprint density at radius 3 is 2.70 bits per heavy atom. The first kappa shape index (κ1) is 18.9. The molecule has 0 saturated carbocycles. The molecule has 0 atom stereocenters. The highest BCUT2D eigenvalue weighted by molar-refractivity contribution is 7.09. The van der Waals surface area contributed by atoms with Crippen LogP contribution in [0.15, 0.2) is 72.1 Å². The van der Waals surface area contributed by atoms with Gasteiger partial charge in [0.05, 0.1) is 13.7 Å². The van der Waals surface area contributed by atoms with E-state index in [4.69, 9.17) is 4.74 Å². The number of carbonyl (C=O) groups is 1. The Kier molecular flexibility index (Phi) is 6.39. The molecule has 0 aliphatic carbocycles. The number of benzene rings is 2. The lowest BCUT2D eigenvalue weighted by Gasteiger charge is -2.22. The second-order valence-electron chi connectivity index (χ2n) is 5.97. The van der Waals surface area contributed by atoms with Crippen LogP contribution in [0.3, 0.4) is 0 Å². The van der Waals surface area contributed by atoms with Crippen molar-refractivity contribution in [2.24, 2.45) is 0 Å². The van der Waals surface area contributed by atoms with Gasteiger partial charge in [0, 0.05) is 23.1 Å². The first-order valence-electron chi connectivity index (χ1n) is 8.52. The van der Waals surface area contributed by atoms with E-state index in [1.54, 1.807) is 41.6 Å². The van der Waals surface area contributed by atoms with Gasteiger partial charge in [-0.15, -0.1) is 11.3 Å². The summed E-state index contributed by atoms with van der Waals surface area (Å²) in [7, 11) is 1.62. The number of rotatable bonds is 7. The standard InChI is InChI=1S/C22H20FNO2S/c1-26-21-10-3-2-7-18(21)15-24(16-20-9-5-13-27-20)22(25)12-11-17-6-4-8-19(23)14-17/h2-14H,15-16H2,1H3/b12-11+. The smallest absolute Gasteiger partial charge is 0.247 e. The molecule has 1 heterocycles. The van der Waals surface area contributed by atoms with Crippen LogP contribution in [0, 0.1) is 5.82 Å². The van der Waals surface area contributed by atoms with E-state index < -0.39 is 0 Å². The lowest BCUT2D eigenvalue weighted by Crippen LogP contribution is -2.28. The molecule has 0 aliphatic rings. The molecule has 1 aromatic heterocycles. The first-order chi connectivity index (χ1) is 13.2. The molecular weight excluding hydrogens is 361 g/mol. The third-order valence-corrected chi connectivity index (χ3v) is 4.92. The summed E-state index contributed by atoms with van der Waals surface area (Å²) in [5.41, 5.74) is 1.58. The van der Waals surface area contributed by atoms with Crippen LogP contribution in [0.1, 0.15) is 16.0 Å². The van der Waals surface area contributed by atoms with E-state index in [1.165, 1.54) is 18.2 Å². The molecule has 0 radical (unpaired) electrons. The lowest BCUT2D eigenvalue weighted by molar-refractivity contribution is -0.127. The van der Waals surface area contributed by atoms with E-state index >= 15 is 0 Å². The molecule has 2 aromatic carbocycles. The molecule has 3 rings (SSSR count). The molecule has 3 aromatic rings. The van der Waals surface area contributed by atoms with Gasteiger partial charge in [-0.05, 0) is 41.3 Å². The minimum absolute atomic E-state index is 0.140. The Hall–Kier alpha value is -2.92. The highest BCUT2D eigenvalue weighted by Crippen LogP contribution is 2.22. The fraction of sp³-hybridized carbons (Fsp3) is 0.136. The zero-order chi connectivity index (χ0) is 19.1. The van der Waals surface area contributed by atoms with Crippen molar-refractivity contribution >= 4 is 23.3 Å². The molecule has 3 nitrogen and oxygen atoms in total. The van der Waals surface area contributed by atoms with E-state index in [0.29, 0.717) is 18.7 Å². The lowest BCUT2D eigenvalue weighted by atomic mass is 10.1. The van der Waals surface area contributed by atoms with Crippen molar-refractivity contribution < 1.29 is 13.9 Å². The molecule has 138 valence electrons. The first-order valence-corrected chi connectivity index (χ1v) is 9.40. The number of hydrogen-bond acceptors (Lipinski definition) is 3. The Bertz CT molecular complexity index is 922. The number of para-hydroxylation sites is 1. The molecule has 5 heteroatoms. The van der Waals surface area contributed by atoms with Gasteiger partial charge in [-0.25, -0.2) is 4.39 Å². The highest BCUT2D eigenvalue weighted by Gasteiger charge is 2.15. The van der Waals surface area contributed by atoms with Gasteiger partial charge < -0.3 is 9.64 Å². The van der Waals surface area contributed by atoms with Crippen molar-refractivity contribution in [3.8, 4) is 5.75 Å². The predicted molar refractivity (Wildman–Crippen MR) is 107 cm³/mol. The van der Waals surface area contributed by atoms with E-state index in [1.807, 2.05) is 41.8 Å². The predicted octanol–water partition coefficient (Wildman–Crippen LogP) is 5.14. The van der Waals surface area contributed by atoms with Crippen LogP contribution in [0.25, 0.3) is 6.08 Å². The van der Waals surface area contributed by atoms with E-state index in [2.05, 4.69) is 0 Å². The molecule has 0 aliphatic heterocycles. The summed E-state index contributed by atoms with van der Waals surface area (Å²) >= 11 is 1.61. The van der Waals surface area contributed by atoms with Gasteiger partial charge >= 0.3 is 0 Å². The Balaban J connectivity index is 1.81. The molecular formula is C22H20FNO2S. The molecule has 0 spiro atoms. The number of methoxy groups -OCH3 is 1.